The Balaban J connectivity index is 2.39. The zero-order valence-corrected chi connectivity index (χ0v) is 9.98. The highest BCUT2D eigenvalue weighted by atomic mass is 35.5. The molecule has 1 saturated heterocycles. The van der Waals surface area contributed by atoms with E-state index in [1.54, 1.807) is 6.92 Å². The Bertz CT molecular complexity index is 436. The zero-order valence-electron chi connectivity index (χ0n) is 9.22. The molecule has 0 unspecified atom stereocenters. The van der Waals surface area contributed by atoms with Gasteiger partial charge in [0.05, 0.1) is 0 Å². The molecule has 0 aromatic carbocycles. The molecular formula is C9H10ClFN4O2. The third kappa shape index (κ3) is 2.28. The molecule has 0 spiro atoms. The van der Waals surface area contributed by atoms with Gasteiger partial charge in [-0.15, -0.1) is 0 Å². The van der Waals surface area contributed by atoms with Gasteiger partial charge in [0.2, 0.25) is 11.2 Å². The minimum atomic E-state index is -1.25. The predicted octanol–water partition coefficient (Wildman–Crippen LogP) is 1.52. The molecule has 2 rings (SSSR count). The van der Waals surface area contributed by atoms with Gasteiger partial charge in [-0.1, -0.05) is 0 Å². The molecule has 6 nitrogen and oxygen atoms in total. The van der Waals surface area contributed by atoms with Gasteiger partial charge >= 0.3 is 6.09 Å². The highest BCUT2D eigenvalue weighted by Crippen LogP contribution is 2.23. The summed E-state index contributed by atoms with van der Waals surface area (Å²) in [6.45, 7) is 2.92. The van der Waals surface area contributed by atoms with Crippen LogP contribution < -0.4 is 4.90 Å². The second-order valence-corrected chi connectivity index (χ2v) is 3.98. The fourth-order valence-corrected chi connectivity index (χ4v) is 1.75. The summed E-state index contributed by atoms with van der Waals surface area (Å²) in [5.41, 5.74) is 0. The van der Waals surface area contributed by atoms with Crippen LogP contribution in [0.1, 0.15) is 12.7 Å². The zero-order chi connectivity index (χ0) is 12.6. The van der Waals surface area contributed by atoms with Gasteiger partial charge in [0.15, 0.2) is 0 Å². The number of hydrogen-bond donors (Lipinski definition) is 0. The van der Waals surface area contributed by atoms with Gasteiger partial charge in [-0.05, 0) is 25.4 Å². The van der Waals surface area contributed by atoms with Crippen molar-refractivity contribution in [1.82, 2.24) is 15.0 Å². The van der Waals surface area contributed by atoms with Gasteiger partial charge in [-0.2, -0.15) is 9.97 Å². The van der Waals surface area contributed by atoms with Crippen LogP contribution in [-0.4, -0.2) is 39.9 Å². The minimum absolute atomic E-state index is 0.0134. The number of amides is 1. The number of aryl methyl sites for hydroxylation is 1. The van der Waals surface area contributed by atoms with Crippen molar-refractivity contribution in [3.63, 3.8) is 0 Å². The average Bonchev–Trinajstić information content (AvgIpc) is 2.58. The molecule has 0 N–H and O–H groups in total. The second-order valence-electron chi connectivity index (χ2n) is 3.64. The van der Waals surface area contributed by atoms with E-state index in [0.29, 0.717) is 5.82 Å². The summed E-state index contributed by atoms with van der Waals surface area (Å²) < 4.78 is 18.1. The summed E-state index contributed by atoms with van der Waals surface area (Å²) in [4.78, 5) is 24.1. The van der Waals surface area contributed by atoms with Gasteiger partial charge in [0.1, 0.15) is 24.6 Å². The van der Waals surface area contributed by atoms with E-state index in [1.165, 1.54) is 6.92 Å². The molecule has 2 heterocycles. The van der Waals surface area contributed by atoms with Crippen LogP contribution in [-0.2, 0) is 4.74 Å². The summed E-state index contributed by atoms with van der Waals surface area (Å²) in [5, 5.41) is -0.0440. The molecule has 1 aliphatic rings. The molecule has 0 bridgehead atoms. The van der Waals surface area contributed by atoms with Crippen molar-refractivity contribution in [1.29, 1.82) is 0 Å². The quantitative estimate of drug-likeness (QED) is 0.806. The fourth-order valence-electron chi connectivity index (χ4n) is 1.55. The van der Waals surface area contributed by atoms with Crippen LogP contribution in [0.2, 0.25) is 5.28 Å². The van der Waals surface area contributed by atoms with E-state index in [4.69, 9.17) is 16.3 Å². The SMILES string of the molecule is Cc1nc(Cl)nc(N2C(=O)OC[C@@H]2[C@H](C)F)n1. The van der Waals surface area contributed by atoms with Crippen molar-refractivity contribution >= 4 is 23.6 Å². The lowest BCUT2D eigenvalue weighted by Crippen LogP contribution is -2.40. The maximum absolute atomic E-state index is 13.3. The molecule has 1 amide bonds. The summed E-state index contributed by atoms with van der Waals surface area (Å²) in [6, 6.07) is -0.736. The van der Waals surface area contributed by atoms with E-state index < -0.39 is 18.3 Å². The lowest BCUT2D eigenvalue weighted by Gasteiger charge is -2.20. The van der Waals surface area contributed by atoms with Gasteiger partial charge < -0.3 is 4.74 Å². The van der Waals surface area contributed by atoms with Crippen LogP contribution in [0.5, 0.6) is 0 Å². The van der Waals surface area contributed by atoms with E-state index in [2.05, 4.69) is 15.0 Å². The van der Waals surface area contributed by atoms with Crippen molar-refractivity contribution < 1.29 is 13.9 Å². The van der Waals surface area contributed by atoms with Crippen molar-refractivity contribution in [3.05, 3.63) is 11.1 Å². The number of cyclic esters (lactones) is 1. The highest BCUT2D eigenvalue weighted by molar-refractivity contribution is 6.28. The summed E-state index contributed by atoms with van der Waals surface area (Å²) in [6.07, 6.45) is -1.93. The number of halogens is 2. The molecule has 1 aromatic heterocycles. The molecule has 1 aliphatic heterocycles. The van der Waals surface area contributed by atoms with Crippen molar-refractivity contribution in [2.45, 2.75) is 26.1 Å². The number of anilines is 1. The molecule has 0 saturated carbocycles. The third-order valence-electron chi connectivity index (χ3n) is 2.36. The predicted molar refractivity (Wildman–Crippen MR) is 57.8 cm³/mol. The minimum Gasteiger partial charge on any atom is -0.447 e. The average molecular weight is 261 g/mol. The van der Waals surface area contributed by atoms with Crippen LogP contribution in [0.4, 0.5) is 15.1 Å². The number of rotatable bonds is 2. The first-order chi connectivity index (χ1) is 7.99. The number of hydrogen-bond acceptors (Lipinski definition) is 5. The van der Waals surface area contributed by atoms with Crippen LogP contribution in [0.25, 0.3) is 0 Å². The molecular weight excluding hydrogens is 251 g/mol. The van der Waals surface area contributed by atoms with Crippen LogP contribution in [0.15, 0.2) is 0 Å². The number of alkyl halides is 1. The van der Waals surface area contributed by atoms with Crippen LogP contribution in [0.3, 0.4) is 0 Å². The van der Waals surface area contributed by atoms with Gasteiger partial charge in [0.25, 0.3) is 0 Å². The number of carbonyl (C=O) groups excluding carboxylic acids is 1. The van der Waals surface area contributed by atoms with E-state index in [0.717, 1.165) is 4.90 Å². The Morgan fingerprint density at radius 3 is 2.82 bits per heavy atom. The fraction of sp³-hybridized carbons (Fsp3) is 0.556. The van der Waals surface area contributed by atoms with Crippen molar-refractivity contribution in [2.75, 3.05) is 11.5 Å². The maximum atomic E-state index is 13.3. The van der Waals surface area contributed by atoms with Crippen molar-refractivity contribution in [2.24, 2.45) is 0 Å². The van der Waals surface area contributed by atoms with E-state index >= 15 is 0 Å². The Labute approximate surface area is 102 Å². The molecule has 1 fully saturated rings. The molecule has 17 heavy (non-hydrogen) atoms. The number of aromatic nitrogens is 3. The number of nitrogens with zero attached hydrogens (tertiary/aromatic N) is 4. The monoisotopic (exact) mass is 260 g/mol. The van der Waals surface area contributed by atoms with Crippen LogP contribution >= 0.6 is 11.6 Å². The maximum Gasteiger partial charge on any atom is 0.417 e. The van der Waals surface area contributed by atoms with Crippen LogP contribution in [0, 0.1) is 6.92 Å². The number of ether oxygens (including phenoxy) is 1. The standard InChI is InChI=1S/C9H10ClFN4O2/c1-4(11)6-3-17-9(16)15(6)8-13-5(2)12-7(10)14-8/h4,6H,3H2,1-2H3/t4-,6+/m0/s1. The summed E-state index contributed by atoms with van der Waals surface area (Å²) >= 11 is 5.67. The Hall–Kier alpha value is -1.50. The Morgan fingerprint density at radius 2 is 2.24 bits per heavy atom. The van der Waals surface area contributed by atoms with E-state index in [1.807, 2.05) is 0 Å². The first-order valence-corrected chi connectivity index (χ1v) is 5.35. The second kappa shape index (κ2) is 4.40. The highest BCUT2D eigenvalue weighted by Gasteiger charge is 2.40. The first kappa shape index (κ1) is 12.0. The summed E-state index contributed by atoms with van der Waals surface area (Å²) in [7, 11) is 0. The largest absolute Gasteiger partial charge is 0.447 e. The lowest BCUT2D eigenvalue weighted by molar-refractivity contribution is 0.174. The molecule has 8 heteroatoms. The normalized spacial score (nSPS) is 21.5. The van der Waals surface area contributed by atoms with E-state index in [9.17, 15) is 9.18 Å². The lowest BCUT2D eigenvalue weighted by atomic mass is 10.2. The molecule has 0 aliphatic carbocycles. The third-order valence-corrected chi connectivity index (χ3v) is 2.53. The smallest absolute Gasteiger partial charge is 0.417 e. The topological polar surface area (TPSA) is 68.2 Å². The Morgan fingerprint density at radius 1 is 1.53 bits per heavy atom. The molecule has 1 aromatic rings. The van der Waals surface area contributed by atoms with Gasteiger partial charge in [-0.25, -0.2) is 19.1 Å². The van der Waals surface area contributed by atoms with Gasteiger partial charge in [0, 0.05) is 0 Å². The van der Waals surface area contributed by atoms with Gasteiger partial charge in [-0.3, -0.25) is 0 Å². The Kier molecular flexibility index (Phi) is 3.10. The molecule has 0 radical (unpaired) electrons. The molecule has 92 valence electrons. The van der Waals surface area contributed by atoms with E-state index in [-0.39, 0.29) is 17.8 Å². The first-order valence-electron chi connectivity index (χ1n) is 4.97. The molecule has 2 atom stereocenters. The number of carbonyl (C=O) groups is 1. The summed E-state index contributed by atoms with van der Waals surface area (Å²) in [5.74, 6) is 0.365. The van der Waals surface area contributed by atoms with Crippen molar-refractivity contribution in [3.8, 4) is 0 Å².